The Labute approximate surface area is 98.6 Å². The van der Waals surface area contributed by atoms with Gasteiger partial charge in [-0.15, -0.1) is 0 Å². The molecular formula is C12H14FNOS. The Hall–Kier alpha value is -1.03. The predicted octanol–water partition coefficient (Wildman–Crippen LogP) is 2.91. The second-order valence-electron chi connectivity index (χ2n) is 3.88. The maximum absolute atomic E-state index is 13.3. The summed E-state index contributed by atoms with van der Waals surface area (Å²) in [5, 5.41) is 2.65. The fraction of sp³-hybridized carbons (Fsp3) is 0.417. The summed E-state index contributed by atoms with van der Waals surface area (Å²) in [6, 6.07) is 6.27. The van der Waals surface area contributed by atoms with Gasteiger partial charge in [-0.3, -0.25) is 4.79 Å². The lowest BCUT2D eigenvalue weighted by Gasteiger charge is -2.20. The van der Waals surface area contributed by atoms with E-state index in [4.69, 9.17) is 0 Å². The van der Waals surface area contributed by atoms with Crippen molar-refractivity contribution in [3.05, 3.63) is 30.1 Å². The first-order valence-corrected chi connectivity index (χ1v) is 6.56. The molecule has 1 atom stereocenters. The van der Waals surface area contributed by atoms with Crippen LogP contribution in [0.3, 0.4) is 0 Å². The number of benzene rings is 1. The molecule has 1 saturated heterocycles. The number of halogens is 1. The van der Waals surface area contributed by atoms with Crippen molar-refractivity contribution < 1.29 is 9.18 Å². The number of thioether (sulfide) groups is 1. The topological polar surface area (TPSA) is 29.1 Å². The van der Waals surface area contributed by atoms with Crippen molar-refractivity contribution in [2.45, 2.75) is 12.8 Å². The minimum Gasteiger partial charge on any atom is -0.323 e. The van der Waals surface area contributed by atoms with Gasteiger partial charge >= 0.3 is 0 Å². The van der Waals surface area contributed by atoms with E-state index < -0.39 is 0 Å². The van der Waals surface area contributed by atoms with E-state index in [-0.39, 0.29) is 23.3 Å². The van der Waals surface area contributed by atoms with E-state index in [1.54, 1.807) is 30.0 Å². The lowest BCUT2D eigenvalue weighted by Crippen LogP contribution is -2.27. The highest BCUT2D eigenvalue weighted by Gasteiger charge is 2.21. The van der Waals surface area contributed by atoms with Crippen LogP contribution in [-0.2, 0) is 4.79 Å². The zero-order valence-corrected chi connectivity index (χ0v) is 9.73. The molecule has 86 valence electrons. The number of amides is 1. The summed E-state index contributed by atoms with van der Waals surface area (Å²) >= 11 is 1.79. The van der Waals surface area contributed by atoms with Crippen LogP contribution in [0.15, 0.2) is 24.3 Å². The minimum absolute atomic E-state index is 0.0263. The van der Waals surface area contributed by atoms with Crippen LogP contribution in [0.1, 0.15) is 12.8 Å². The zero-order chi connectivity index (χ0) is 11.4. The molecule has 0 aromatic heterocycles. The van der Waals surface area contributed by atoms with E-state index >= 15 is 0 Å². The number of para-hydroxylation sites is 1. The standard InChI is InChI=1S/C12H14FNOS/c13-10-5-1-2-6-11(10)14-12(15)9-4-3-7-16-8-9/h1-2,5-6,9H,3-4,7-8H2,(H,14,15). The molecule has 2 nitrogen and oxygen atoms in total. The molecule has 1 fully saturated rings. The predicted molar refractivity (Wildman–Crippen MR) is 65.1 cm³/mol. The molecule has 1 aromatic rings. The fourth-order valence-corrected chi connectivity index (χ4v) is 2.88. The molecule has 1 amide bonds. The first-order valence-electron chi connectivity index (χ1n) is 5.40. The summed E-state index contributed by atoms with van der Waals surface area (Å²) in [4.78, 5) is 11.8. The van der Waals surface area contributed by atoms with Crippen LogP contribution in [-0.4, -0.2) is 17.4 Å². The zero-order valence-electron chi connectivity index (χ0n) is 8.91. The van der Waals surface area contributed by atoms with Crippen molar-refractivity contribution in [3.63, 3.8) is 0 Å². The second-order valence-corrected chi connectivity index (χ2v) is 5.03. The molecule has 1 aliphatic rings. The molecule has 16 heavy (non-hydrogen) atoms. The van der Waals surface area contributed by atoms with Crippen LogP contribution in [0.5, 0.6) is 0 Å². The average Bonchev–Trinajstić information content (AvgIpc) is 2.33. The lowest BCUT2D eigenvalue weighted by atomic mass is 10.0. The second kappa shape index (κ2) is 5.34. The smallest absolute Gasteiger partial charge is 0.228 e. The van der Waals surface area contributed by atoms with Crippen molar-refractivity contribution in [2.24, 2.45) is 5.92 Å². The Bertz CT molecular complexity index is 377. The van der Waals surface area contributed by atoms with Crippen LogP contribution in [0, 0.1) is 11.7 Å². The number of anilines is 1. The van der Waals surface area contributed by atoms with Crippen LogP contribution in [0.25, 0.3) is 0 Å². The molecule has 0 spiro atoms. The third kappa shape index (κ3) is 2.76. The lowest BCUT2D eigenvalue weighted by molar-refractivity contribution is -0.119. The number of nitrogens with one attached hydrogen (secondary N) is 1. The molecule has 0 radical (unpaired) electrons. The van der Waals surface area contributed by atoms with Crippen molar-refractivity contribution in [1.29, 1.82) is 0 Å². The fourth-order valence-electron chi connectivity index (χ4n) is 1.74. The third-order valence-corrected chi connectivity index (χ3v) is 3.88. The van der Waals surface area contributed by atoms with Crippen LogP contribution < -0.4 is 5.32 Å². The van der Waals surface area contributed by atoms with Crippen molar-refractivity contribution in [3.8, 4) is 0 Å². The molecule has 1 unspecified atom stereocenters. The first-order chi connectivity index (χ1) is 7.77. The van der Waals surface area contributed by atoms with Gasteiger partial charge in [0.15, 0.2) is 0 Å². The van der Waals surface area contributed by atoms with Gasteiger partial charge in [-0.1, -0.05) is 12.1 Å². The highest BCUT2D eigenvalue weighted by Crippen LogP contribution is 2.24. The van der Waals surface area contributed by atoms with Gasteiger partial charge in [0.05, 0.1) is 5.69 Å². The van der Waals surface area contributed by atoms with E-state index in [9.17, 15) is 9.18 Å². The Balaban J connectivity index is 1.99. The molecule has 2 rings (SSSR count). The van der Waals surface area contributed by atoms with E-state index in [1.165, 1.54) is 6.07 Å². The van der Waals surface area contributed by atoms with E-state index in [0.29, 0.717) is 0 Å². The molecule has 1 N–H and O–H groups in total. The van der Waals surface area contributed by atoms with Crippen LogP contribution >= 0.6 is 11.8 Å². The summed E-state index contributed by atoms with van der Waals surface area (Å²) < 4.78 is 13.3. The summed E-state index contributed by atoms with van der Waals surface area (Å²) in [6.07, 6.45) is 1.98. The van der Waals surface area contributed by atoms with Crippen molar-refractivity contribution in [2.75, 3.05) is 16.8 Å². The largest absolute Gasteiger partial charge is 0.323 e. The van der Waals surface area contributed by atoms with Gasteiger partial charge < -0.3 is 5.32 Å². The van der Waals surface area contributed by atoms with Gasteiger partial charge in [0.25, 0.3) is 0 Å². The highest BCUT2D eigenvalue weighted by molar-refractivity contribution is 7.99. The minimum atomic E-state index is -0.376. The van der Waals surface area contributed by atoms with Crippen LogP contribution in [0.4, 0.5) is 10.1 Å². The molecule has 1 aromatic carbocycles. The van der Waals surface area contributed by atoms with Crippen molar-refractivity contribution >= 4 is 23.4 Å². The Morgan fingerprint density at radius 1 is 1.44 bits per heavy atom. The molecule has 4 heteroatoms. The number of rotatable bonds is 2. The molecular weight excluding hydrogens is 225 g/mol. The van der Waals surface area contributed by atoms with Gasteiger partial charge in [0.2, 0.25) is 5.91 Å². The highest BCUT2D eigenvalue weighted by atomic mass is 32.2. The molecule has 0 aliphatic carbocycles. The van der Waals surface area contributed by atoms with Gasteiger partial charge in [-0.05, 0) is 30.7 Å². The van der Waals surface area contributed by atoms with E-state index in [0.717, 1.165) is 24.3 Å². The Kier molecular flexibility index (Phi) is 3.83. The van der Waals surface area contributed by atoms with Gasteiger partial charge in [0, 0.05) is 11.7 Å². The molecule has 1 heterocycles. The summed E-state index contributed by atoms with van der Waals surface area (Å²) in [5.41, 5.74) is 0.281. The van der Waals surface area contributed by atoms with Gasteiger partial charge in [-0.2, -0.15) is 11.8 Å². The number of carbonyl (C=O) groups is 1. The maximum Gasteiger partial charge on any atom is 0.228 e. The summed E-state index contributed by atoms with van der Waals surface area (Å²) in [7, 11) is 0. The summed E-state index contributed by atoms with van der Waals surface area (Å²) in [6.45, 7) is 0. The number of hydrogen-bond donors (Lipinski definition) is 1. The monoisotopic (exact) mass is 239 g/mol. The number of hydrogen-bond acceptors (Lipinski definition) is 2. The first kappa shape index (κ1) is 11.5. The average molecular weight is 239 g/mol. The quantitative estimate of drug-likeness (QED) is 0.859. The molecule has 1 aliphatic heterocycles. The Morgan fingerprint density at radius 2 is 2.25 bits per heavy atom. The maximum atomic E-state index is 13.3. The number of carbonyl (C=O) groups excluding carboxylic acids is 1. The molecule has 0 bridgehead atoms. The molecule has 0 saturated carbocycles. The van der Waals surface area contributed by atoms with Gasteiger partial charge in [0.1, 0.15) is 5.82 Å². The van der Waals surface area contributed by atoms with Crippen molar-refractivity contribution in [1.82, 2.24) is 0 Å². The van der Waals surface area contributed by atoms with Crippen LogP contribution in [0.2, 0.25) is 0 Å². The Morgan fingerprint density at radius 3 is 2.94 bits per heavy atom. The summed E-state index contributed by atoms with van der Waals surface area (Å²) in [5.74, 6) is 1.57. The SMILES string of the molecule is O=C(Nc1ccccc1F)C1CCCSC1. The van der Waals surface area contributed by atoms with Gasteiger partial charge in [-0.25, -0.2) is 4.39 Å². The van der Waals surface area contributed by atoms with E-state index in [2.05, 4.69) is 5.32 Å². The van der Waals surface area contributed by atoms with E-state index in [1.807, 2.05) is 0 Å². The normalized spacial score (nSPS) is 20.4. The third-order valence-electron chi connectivity index (χ3n) is 2.66.